The van der Waals surface area contributed by atoms with Gasteiger partial charge in [0.1, 0.15) is 0 Å². The van der Waals surface area contributed by atoms with E-state index in [1.165, 1.54) is 18.4 Å². The predicted octanol–water partition coefficient (Wildman–Crippen LogP) is 2.23. The van der Waals surface area contributed by atoms with E-state index in [1.54, 1.807) is 5.56 Å². The zero-order chi connectivity index (χ0) is 13.5. The largest absolute Gasteiger partial charge is 0.379 e. The molecule has 0 unspecified atom stereocenters. The van der Waals surface area contributed by atoms with Crippen molar-refractivity contribution in [2.24, 2.45) is 0 Å². The van der Waals surface area contributed by atoms with Crippen LogP contribution in [-0.4, -0.2) is 45.3 Å². The van der Waals surface area contributed by atoms with Gasteiger partial charge in [-0.25, -0.2) is 0 Å². The predicted molar refractivity (Wildman–Crippen MR) is 79.5 cm³/mol. The lowest BCUT2D eigenvalue weighted by Gasteiger charge is -2.11. The van der Waals surface area contributed by atoms with Crippen molar-refractivity contribution < 1.29 is 4.74 Å². The maximum absolute atomic E-state index is 5.57. The maximum Gasteiger partial charge on any atom is 0.0593 e. The van der Waals surface area contributed by atoms with Gasteiger partial charge >= 0.3 is 0 Å². The highest BCUT2D eigenvalue weighted by Gasteiger charge is 2.25. The van der Waals surface area contributed by atoms with Gasteiger partial charge in [0.2, 0.25) is 0 Å². The summed E-state index contributed by atoms with van der Waals surface area (Å²) in [6.45, 7) is 4.48. The van der Waals surface area contributed by atoms with Gasteiger partial charge in [0.15, 0.2) is 0 Å². The van der Waals surface area contributed by atoms with Crippen LogP contribution in [0.25, 0.3) is 0 Å². The molecule has 106 valence electrons. The third kappa shape index (κ3) is 5.31. The molecule has 1 aromatic carbocycles. The lowest BCUT2D eigenvalue weighted by Crippen LogP contribution is -2.23. The van der Waals surface area contributed by atoms with Crippen LogP contribution in [0.1, 0.15) is 29.9 Å². The highest BCUT2D eigenvalue weighted by atomic mass is 16.5. The number of nitrogens with zero attached hydrogens (tertiary/aromatic N) is 1. The van der Waals surface area contributed by atoms with E-state index in [0.717, 1.165) is 38.8 Å². The molecule has 0 saturated heterocycles. The SMILES string of the molecule is CN(C)CCOCCNCc1ccccc1C1CC1. The Balaban J connectivity index is 1.60. The van der Waals surface area contributed by atoms with Crippen LogP contribution in [0.4, 0.5) is 0 Å². The molecule has 1 aliphatic carbocycles. The molecule has 0 atom stereocenters. The van der Waals surface area contributed by atoms with Gasteiger partial charge in [0, 0.05) is 19.6 Å². The lowest BCUT2D eigenvalue weighted by atomic mass is 10.0. The van der Waals surface area contributed by atoms with Gasteiger partial charge in [0.05, 0.1) is 13.2 Å². The first-order valence-corrected chi connectivity index (χ1v) is 7.28. The smallest absolute Gasteiger partial charge is 0.0593 e. The Morgan fingerprint density at radius 1 is 1.21 bits per heavy atom. The minimum atomic E-state index is 0.791. The summed E-state index contributed by atoms with van der Waals surface area (Å²) in [5.41, 5.74) is 3.00. The van der Waals surface area contributed by atoms with Crippen LogP contribution in [0, 0.1) is 0 Å². The summed E-state index contributed by atoms with van der Waals surface area (Å²) in [6.07, 6.45) is 2.73. The van der Waals surface area contributed by atoms with Crippen molar-refractivity contribution in [3.8, 4) is 0 Å². The molecule has 19 heavy (non-hydrogen) atoms. The summed E-state index contributed by atoms with van der Waals surface area (Å²) in [5.74, 6) is 0.828. The Hall–Kier alpha value is -0.900. The molecule has 0 heterocycles. The fourth-order valence-electron chi connectivity index (χ4n) is 2.20. The van der Waals surface area contributed by atoms with Crippen molar-refractivity contribution >= 4 is 0 Å². The van der Waals surface area contributed by atoms with Gasteiger partial charge in [-0.3, -0.25) is 0 Å². The van der Waals surface area contributed by atoms with Crippen molar-refractivity contribution in [3.63, 3.8) is 0 Å². The summed E-state index contributed by atoms with van der Waals surface area (Å²) >= 11 is 0. The van der Waals surface area contributed by atoms with Crippen molar-refractivity contribution in [3.05, 3.63) is 35.4 Å². The third-order valence-corrected chi connectivity index (χ3v) is 3.49. The van der Waals surface area contributed by atoms with E-state index in [-0.39, 0.29) is 0 Å². The second-order valence-corrected chi connectivity index (χ2v) is 5.57. The summed E-state index contributed by atoms with van der Waals surface area (Å²) < 4.78 is 5.57. The molecule has 1 saturated carbocycles. The fraction of sp³-hybridized carbons (Fsp3) is 0.625. The Morgan fingerprint density at radius 2 is 2.00 bits per heavy atom. The number of ether oxygens (including phenoxy) is 1. The van der Waals surface area contributed by atoms with Crippen LogP contribution < -0.4 is 5.32 Å². The van der Waals surface area contributed by atoms with E-state index in [9.17, 15) is 0 Å². The van der Waals surface area contributed by atoms with Crippen LogP contribution in [0.2, 0.25) is 0 Å². The molecular weight excluding hydrogens is 236 g/mol. The Bertz CT molecular complexity index is 375. The summed E-state index contributed by atoms with van der Waals surface area (Å²) in [7, 11) is 4.13. The molecule has 3 nitrogen and oxygen atoms in total. The average molecular weight is 262 g/mol. The molecule has 3 heteroatoms. The quantitative estimate of drug-likeness (QED) is 0.691. The van der Waals surface area contributed by atoms with Crippen LogP contribution >= 0.6 is 0 Å². The summed E-state index contributed by atoms with van der Waals surface area (Å²) in [4.78, 5) is 2.14. The van der Waals surface area contributed by atoms with E-state index in [2.05, 4.69) is 48.6 Å². The first kappa shape index (κ1) is 14.5. The molecular formula is C16H26N2O. The molecule has 2 rings (SSSR count). The topological polar surface area (TPSA) is 24.5 Å². The molecule has 1 fully saturated rings. The molecule has 0 amide bonds. The first-order chi connectivity index (χ1) is 9.27. The Morgan fingerprint density at radius 3 is 2.74 bits per heavy atom. The van der Waals surface area contributed by atoms with E-state index in [1.807, 2.05) is 0 Å². The minimum absolute atomic E-state index is 0.791. The molecule has 0 aromatic heterocycles. The summed E-state index contributed by atoms with van der Waals surface area (Å²) in [5, 5.41) is 3.47. The molecule has 1 aliphatic rings. The van der Waals surface area contributed by atoms with E-state index >= 15 is 0 Å². The van der Waals surface area contributed by atoms with Crippen LogP contribution in [0.3, 0.4) is 0 Å². The zero-order valence-corrected chi connectivity index (χ0v) is 12.2. The molecule has 0 bridgehead atoms. The normalized spacial score (nSPS) is 15.1. The first-order valence-electron chi connectivity index (χ1n) is 7.28. The van der Waals surface area contributed by atoms with Gasteiger partial charge in [-0.15, -0.1) is 0 Å². The molecule has 1 N–H and O–H groups in total. The fourth-order valence-corrected chi connectivity index (χ4v) is 2.20. The number of benzene rings is 1. The standard InChI is InChI=1S/C16H26N2O/c1-18(2)10-12-19-11-9-17-13-15-5-3-4-6-16(15)14-7-8-14/h3-6,14,17H,7-13H2,1-2H3. The molecule has 1 aromatic rings. The highest BCUT2D eigenvalue weighted by molar-refractivity contribution is 5.33. The number of hydrogen-bond acceptors (Lipinski definition) is 3. The zero-order valence-electron chi connectivity index (χ0n) is 12.2. The van der Waals surface area contributed by atoms with Crippen LogP contribution in [-0.2, 0) is 11.3 Å². The van der Waals surface area contributed by atoms with Crippen LogP contribution in [0.5, 0.6) is 0 Å². The van der Waals surface area contributed by atoms with Gasteiger partial charge in [-0.1, -0.05) is 24.3 Å². The van der Waals surface area contributed by atoms with Gasteiger partial charge in [-0.05, 0) is 44.0 Å². The van der Waals surface area contributed by atoms with E-state index in [4.69, 9.17) is 4.74 Å². The van der Waals surface area contributed by atoms with Gasteiger partial charge in [0.25, 0.3) is 0 Å². The number of nitrogens with one attached hydrogen (secondary N) is 1. The van der Waals surface area contributed by atoms with Crippen molar-refractivity contribution in [2.45, 2.75) is 25.3 Å². The monoisotopic (exact) mass is 262 g/mol. The minimum Gasteiger partial charge on any atom is -0.379 e. The maximum atomic E-state index is 5.57. The number of likely N-dealkylation sites (N-methyl/N-ethyl adjacent to an activating group) is 1. The molecule has 0 spiro atoms. The van der Waals surface area contributed by atoms with E-state index < -0.39 is 0 Å². The van der Waals surface area contributed by atoms with Crippen molar-refractivity contribution in [2.75, 3.05) is 40.4 Å². The van der Waals surface area contributed by atoms with Crippen molar-refractivity contribution in [1.29, 1.82) is 0 Å². The average Bonchev–Trinajstić information content (AvgIpc) is 3.22. The van der Waals surface area contributed by atoms with Crippen molar-refractivity contribution in [1.82, 2.24) is 10.2 Å². The number of rotatable bonds is 9. The Labute approximate surface area is 116 Å². The van der Waals surface area contributed by atoms with E-state index in [0.29, 0.717) is 0 Å². The lowest BCUT2D eigenvalue weighted by molar-refractivity contribution is 0.119. The van der Waals surface area contributed by atoms with Crippen LogP contribution in [0.15, 0.2) is 24.3 Å². The molecule has 0 aliphatic heterocycles. The highest BCUT2D eigenvalue weighted by Crippen LogP contribution is 2.41. The second kappa shape index (κ2) is 7.63. The summed E-state index contributed by atoms with van der Waals surface area (Å²) in [6, 6.07) is 8.81. The van der Waals surface area contributed by atoms with Gasteiger partial charge in [-0.2, -0.15) is 0 Å². The Kier molecular flexibility index (Phi) is 5.83. The van der Waals surface area contributed by atoms with Gasteiger partial charge < -0.3 is 15.0 Å². The number of hydrogen-bond donors (Lipinski definition) is 1. The second-order valence-electron chi connectivity index (χ2n) is 5.57. The third-order valence-electron chi connectivity index (χ3n) is 3.49. The molecule has 0 radical (unpaired) electrons.